The van der Waals surface area contributed by atoms with Gasteiger partial charge in [-0.1, -0.05) is 24.6 Å². The molecule has 2 rings (SSSR count). The van der Waals surface area contributed by atoms with Crippen molar-refractivity contribution in [2.75, 3.05) is 5.32 Å². The summed E-state index contributed by atoms with van der Waals surface area (Å²) in [4.78, 5) is 12.2. The zero-order valence-electron chi connectivity index (χ0n) is 11.2. The van der Waals surface area contributed by atoms with Crippen LogP contribution in [0.15, 0.2) is 35.1 Å². The largest absolute Gasteiger partial charge is 0.326 e. The standard InChI is InChI=1S/C14H15BrClN3O/c1-9(7-19-8-11(15)6-17-19)14(20)18-13-5-3-4-12(16)10(13)2/h3-6,8-9H,7H2,1-2H3,(H,18,20)/t9-/m0/s1. The quantitative estimate of drug-likeness (QED) is 0.903. The number of amides is 1. The summed E-state index contributed by atoms with van der Waals surface area (Å²) in [6, 6.07) is 5.47. The van der Waals surface area contributed by atoms with Gasteiger partial charge < -0.3 is 5.32 Å². The van der Waals surface area contributed by atoms with Gasteiger partial charge in [-0.15, -0.1) is 0 Å². The van der Waals surface area contributed by atoms with Crippen LogP contribution in [0.2, 0.25) is 5.02 Å². The molecule has 0 saturated carbocycles. The Morgan fingerprint density at radius 3 is 2.95 bits per heavy atom. The summed E-state index contributed by atoms with van der Waals surface area (Å²) < 4.78 is 2.63. The van der Waals surface area contributed by atoms with Crippen molar-refractivity contribution in [3.05, 3.63) is 45.7 Å². The molecule has 2 aromatic rings. The molecule has 1 atom stereocenters. The molecule has 0 bridgehead atoms. The van der Waals surface area contributed by atoms with Crippen molar-refractivity contribution in [2.24, 2.45) is 5.92 Å². The fourth-order valence-electron chi connectivity index (χ4n) is 1.80. The van der Waals surface area contributed by atoms with Gasteiger partial charge in [-0.05, 0) is 40.5 Å². The van der Waals surface area contributed by atoms with Gasteiger partial charge in [-0.3, -0.25) is 9.48 Å². The molecule has 1 aromatic carbocycles. The molecule has 0 aliphatic carbocycles. The maximum absolute atomic E-state index is 12.2. The molecule has 0 saturated heterocycles. The summed E-state index contributed by atoms with van der Waals surface area (Å²) in [6.45, 7) is 4.27. The Bertz CT molecular complexity index is 627. The van der Waals surface area contributed by atoms with E-state index in [0.29, 0.717) is 11.6 Å². The van der Waals surface area contributed by atoms with E-state index in [-0.39, 0.29) is 11.8 Å². The fourth-order valence-corrected chi connectivity index (χ4v) is 2.30. The summed E-state index contributed by atoms with van der Waals surface area (Å²) in [7, 11) is 0. The van der Waals surface area contributed by atoms with E-state index >= 15 is 0 Å². The van der Waals surface area contributed by atoms with Gasteiger partial charge in [0.15, 0.2) is 0 Å². The van der Waals surface area contributed by atoms with E-state index in [1.807, 2.05) is 32.2 Å². The lowest BCUT2D eigenvalue weighted by Gasteiger charge is -2.14. The Labute approximate surface area is 131 Å². The molecule has 0 spiro atoms. The monoisotopic (exact) mass is 355 g/mol. The first-order valence-corrected chi connectivity index (χ1v) is 7.38. The van der Waals surface area contributed by atoms with Crippen LogP contribution in [0.25, 0.3) is 0 Å². The minimum atomic E-state index is -0.194. The molecular weight excluding hydrogens is 342 g/mol. The third kappa shape index (κ3) is 3.61. The summed E-state index contributed by atoms with van der Waals surface area (Å²) in [5.41, 5.74) is 1.62. The molecule has 0 fully saturated rings. The fraction of sp³-hybridized carbons (Fsp3) is 0.286. The molecular formula is C14H15BrClN3O. The van der Waals surface area contributed by atoms with Crippen molar-refractivity contribution in [3.8, 4) is 0 Å². The Morgan fingerprint density at radius 2 is 2.30 bits per heavy atom. The Hall–Kier alpha value is -1.33. The summed E-state index contributed by atoms with van der Waals surface area (Å²) in [6.07, 6.45) is 3.54. The summed E-state index contributed by atoms with van der Waals surface area (Å²) >= 11 is 9.37. The number of halogens is 2. The van der Waals surface area contributed by atoms with E-state index < -0.39 is 0 Å². The van der Waals surface area contributed by atoms with Gasteiger partial charge in [0, 0.05) is 16.9 Å². The summed E-state index contributed by atoms with van der Waals surface area (Å²) in [5, 5.41) is 7.69. The highest BCUT2D eigenvalue weighted by Gasteiger charge is 2.15. The smallest absolute Gasteiger partial charge is 0.229 e. The van der Waals surface area contributed by atoms with Crippen LogP contribution in [0.3, 0.4) is 0 Å². The number of hydrogen-bond acceptors (Lipinski definition) is 2. The molecule has 6 heteroatoms. The van der Waals surface area contributed by atoms with Crippen molar-refractivity contribution in [3.63, 3.8) is 0 Å². The van der Waals surface area contributed by atoms with Gasteiger partial charge in [0.1, 0.15) is 0 Å². The van der Waals surface area contributed by atoms with Gasteiger partial charge in [0.2, 0.25) is 5.91 Å². The SMILES string of the molecule is Cc1c(Cl)cccc1NC(=O)[C@@H](C)Cn1cc(Br)cn1. The molecule has 106 valence electrons. The topological polar surface area (TPSA) is 46.9 Å². The lowest BCUT2D eigenvalue weighted by atomic mass is 10.1. The molecule has 1 N–H and O–H groups in total. The minimum Gasteiger partial charge on any atom is -0.326 e. The number of anilines is 1. The van der Waals surface area contributed by atoms with E-state index in [2.05, 4.69) is 26.3 Å². The zero-order chi connectivity index (χ0) is 14.7. The molecule has 0 aliphatic rings. The number of carbonyl (C=O) groups excluding carboxylic acids is 1. The van der Waals surface area contributed by atoms with E-state index in [0.717, 1.165) is 15.7 Å². The average molecular weight is 357 g/mol. The molecule has 0 radical (unpaired) electrons. The van der Waals surface area contributed by atoms with Crippen LogP contribution in [0.5, 0.6) is 0 Å². The molecule has 4 nitrogen and oxygen atoms in total. The molecule has 20 heavy (non-hydrogen) atoms. The number of nitrogens with one attached hydrogen (secondary N) is 1. The van der Waals surface area contributed by atoms with E-state index in [4.69, 9.17) is 11.6 Å². The van der Waals surface area contributed by atoms with Gasteiger partial charge >= 0.3 is 0 Å². The maximum atomic E-state index is 12.2. The first kappa shape index (κ1) is 15.1. The third-order valence-corrected chi connectivity index (χ3v) is 3.85. The number of carbonyl (C=O) groups is 1. The third-order valence-electron chi connectivity index (χ3n) is 3.04. The lowest BCUT2D eigenvalue weighted by Crippen LogP contribution is -2.25. The molecule has 1 aromatic heterocycles. The predicted molar refractivity (Wildman–Crippen MR) is 83.9 cm³/mol. The number of benzene rings is 1. The van der Waals surface area contributed by atoms with Crippen LogP contribution < -0.4 is 5.32 Å². The van der Waals surface area contributed by atoms with Crippen LogP contribution >= 0.6 is 27.5 Å². The van der Waals surface area contributed by atoms with Crippen molar-refractivity contribution >= 4 is 39.1 Å². The van der Waals surface area contributed by atoms with Gasteiger partial charge in [0.05, 0.1) is 23.1 Å². The van der Waals surface area contributed by atoms with Crippen LogP contribution in [-0.2, 0) is 11.3 Å². The second-order valence-corrected chi connectivity index (χ2v) is 6.01. The van der Waals surface area contributed by atoms with Crippen LogP contribution in [0, 0.1) is 12.8 Å². The van der Waals surface area contributed by atoms with E-state index in [1.54, 1.807) is 16.9 Å². The number of hydrogen-bond donors (Lipinski definition) is 1. The van der Waals surface area contributed by atoms with E-state index in [9.17, 15) is 4.79 Å². The molecule has 0 aliphatic heterocycles. The van der Waals surface area contributed by atoms with Gasteiger partial charge in [0.25, 0.3) is 0 Å². The summed E-state index contributed by atoms with van der Waals surface area (Å²) in [5.74, 6) is -0.248. The Balaban J connectivity index is 2.02. The zero-order valence-corrected chi connectivity index (χ0v) is 13.6. The normalized spacial score (nSPS) is 12.2. The van der Waals surface area contributed by atoms with E-state index in [1.165, 1.54) is 0 Å². The van der Waals surface area contributed by atoms with Crippen molar-refractivity contribution in [2.45, 2.75) is 20.4 Å². The number of rotatable bonds is 4. The second kappa shape index (κ2) is 6.41. The predicted octanol–water partition coefficient (Wildman–Crippen LogP) is 3.88. The highest BCUT2D eigenvalue weighted by Crippen LogP contribution is 2.23. The second-order valence-electron chi connectivity index (χ2n) is 4.68. The molecule has 1 heterocycles. The highest BCUT2D eigenvalue weighted by atomic mass is 79.9. The number of nitrogens with zero attached hydrogens (tertiary/aromatic N) is 2. The van der Waals surface area contributed by atoms with Crippen molar-refractivity contribution < 1.29 is 4.79 Å². The molecule has 1 amide bonds. The first-order valence-electron chi connectivity index (χ1n) is 6.21. The van der Waals surface area contributed by atoms with Crippen molar-refractivity contribution in [1.82, 2.24) is 9.78 Å². The van der Waals surface area contributed by atoms with Crippen molar-refractivity contribution in [1.29, 1.82) is 0 Å². The Morgan fingerprint density at radius 1 is 1.55 bits per heavy atom. The lowest BCUT2D eigenvalue weighted by molar-refractivity contribution is -0.119. The maximum Gasteiger partial charge on any atom is 0.229 e. The molecule has 0 unspecified atom stereocenters. The van der Waals surface area contributed by atoms with Crippen LogP contribution in [0.1, 0.15) is 12.5 Å². The van der Waals surface area contributed by atoms with Crippen LogP contribution in [0.4, 0.5) is 5.69 Å². The highest BCUT2D eigenvalue weighted by molar-refractivity contribution is 9.10. The van der Waals surface area contributed by atoms with Gasteiger partial charge in [-0.2, -0.15) is 5.10 Å². The first-order chi connectivity index (χ1) is 9.47. The average Bonchev–Trinajstić information content (AvgIpc) is 2.80. The van der Waals surface area contributed by atoms with Crippen LogP contribution in [-0.4, -0.2) is 15.7 Å². The minimum absolute atomic E-state index is 0.0537. The van der Waals surface area contributed by atoms with Gasteiger partial charge in [-0.25, -0.2) is 0 Å². The number of aromatic nitrogens is 2. The Kier molecular flexibility index (Phi) is 4.83.